The summed E-state index contributed by atoms with van der Waals surface area (Å²) in [5.74, 6) is 1.23. The van der Waals surface area contributed by atoms with Crippen LogP contribution in [0, 0.1) is 5.41 Å². The molecule has 6 nitrogen and oxygen atoms in total. The molecule has 0 radical (unpaired) electrons. The Hall–Kier alpha value is -2.73. The molecule has 3 aromatic rings. The van der Waals surface area contributed by atoms with E-state index in [1.54, 1.807) is 7.11 Å². The molecule has 0 saturated heterocycles. The van der Waals surface area contributed by atoms with E-state index in [2.05, 4.69) is 6.92 Å². The first-order valence-electron chi connectivity index (χ1n) is 9.82. The molecule has 0 unspecified atom stereocenters. The van der Waals surface area contributed by atoms with Crippen LogP contribution in [-0.4, -0.2) is 34.1 Å². The molecule has 1 heterocycles. The predicted octanol–water partition coefficient (Wildman–Crippen LogP) is 3.56. The number of ether oxygens (including phenoxy) is 2. The summed E-state index contributed by atoms with van der Waals surface area (Å²) in [5.41, 5.74) is 2.40. The van der Waals surface area contributed by atoms with Crippen molar-refractivity contribution in [2.24, 2.45) is 0 Å². The van der Waals surface area contributed by atoms with E-state index in [1.807, 2.05) is 57.7 Å². The molecule has 0 amide bonds. The van der Waals surface area contributed by atoms with Gasteiger partial charge in [0.15, 0.2) is 11.5 Å². The van der Waals surface area contributed by atoms with Crippen LogP contribution in [-0.2, 0) is 13.1 Å². The molecule has 0 saturated carbocycles. The van der Waals surface area contributed by atoms with Gasteiger partial charge in [-0.1, -0.05) is 44.0 Å². The van der Waals surface area contributed by atoms with E-state index in [0.717, 1.165) is 36.8 Å². The van der Waals surface area contributed by atoms with Crippen LogP contribution in [0.4, 0.5) is 0 Å². The molecule has 150 valence electrons. The third-order valence-electron chi connectivity index (χ3n) is 4.85. The number of aliphatic hydroxyl groups is 1. The number of rotatable bonds is 10. The van der Waals surface area contributed by atoms with E-state index in [1.165, 1.54) is 0 Å². The van der Waals surface area contributed by atoms with Crippen LogP contribution < -0.4 is 15.1 Å². The number of hydrogen-bond acceptors (Lipinski definition) is 4. The van der Waals surface area contributed by atoms with Crippen molar-refractivity contribution in [1.29, 1.82) is 5.41 Å². The molecule has 1 aromatic heterocycles. The van der Waals surface area contributed by atoms with E-state index >= 15 is 0 Å². The zero-order valence-electron chi connectivity index (χ0n) is 16.6. The van der Waals surface area contributed by atoms with E-state index in [-0.39, 0.29) is 6.61 Å². The SMILES string of the molecule is CCCCCn1c(=N)n(C[C@@H](O)COc2ccccc2OC)c2ccccc21. The van der Waals surface area contributed by atoms with Gasteiger partial charge in [-0.3, -0.25) is 5.41 Å². The number of nitrogens with one attached hydrogen (secondary N) is 1. The van der Waals surface area contributed by atoms with Crippen LogP contribution in [0.25, 0.3) is 11.0 Å². The lowest BCUT2D eigenvalue weighted by Crippen LogP contribution is -2.31. The first-order valence-corrected chi connectivity index (χ1v) is 9.82. The molecule has 28 heavy (non-hydrogen) atoms. The lowest BCUT2D eigenvalue weighted by atomic mass is 10.2. The fraction of sp³-hybridized carbons (Fsp3) is 0.409. The van der Waals surface area contributed by atoms with Gasteiger partial charge in [-0.25, -0.2) is 0 Å². The standard InChI is InChI=1S/C22H29N3O3/c1-3-4-9-14-24-18-10-5-6-11-19(18)25(22(24)23)15-17(26)16-28-21-13-8-7-12-20(21)27-2/h5-8,10-13,17,23,26H,3-4,9,14-16H2,1-2H3/t17-/m1/s1. The minimum atomic E-state index is -0.742. The summed E-state index contributed by atoms with van der Waals surface area (Å²) in [6.07, 6.45) is 2.59. The normalized spacial score (nSPS) is 12.2. The molecule has 2 aromatic carbocycles. The number of para-hydroxylation sites is 4. The van der Waals surface area contributed by atoms with Crippen LogP contribution in [0.15, 0.2) is 48.5 Å². The number of fused-ring (bicyclic) bond motifs is 1. The maximum Gasteiger partial charge on any atom is 0.203 e. The van der Waals surface area contributed by atoms with Gasteiger partial charge in [-0.15, -0.1) is 0 Å². The topological polar surface area (TPSA) is 72.4 Å². The Balaban J connectivity index is 1.76. The Morgan fingerprint density at radius 3 is 2.29 bits per heavy atom. The Labute approximate surface area is 165 Å². The van der Waals surface area contributed by atoms with Gasteiger partial charge in [0.25, 0.3) is 0 Å². The van der Waals surface area contributed by atoms with Crippen LogP contribution in [0.5, 0.6) is 11.5 Å². The quantitative estimate of drug-likeness (QED) is 0.526. The van der Waals surface area contributed by atoms with Gasteiger partial charge in [-0.05, 0) is 30.7 Å². The second-order valence-corrected chi connectivity index (χ2v) is 6.90. The van der Waals surface area contributed by atoms with E-state index < -0.39 is 6.10 Å². The van der Waals surface area contributed by atoms with Crippen molar-refractivity contribution in [1.82, 2.24) is 9.13 Å². The molecule has 6 heteroatoms. The Morgan fingerprint density at radius 2 is 1.61 bits per heavy atom. The lowest BCUT2D eigenvalue weighted by molar-refractivity contribution is 0.0906. The molecule has 3 rings (SSSR count). The molecule has 0 spiro atoms. The first kappa shape index (κ1) is 20.0. The summed E-state index contributed by atoms with van der Waals surface area (Å²) in [7, 11) is 1.59. The van der Waals surface area contributed by atoms with Crippen molar-refractivity contribution < 1.29 is 14.6 Å². The van der Waals surface area contributed by atoms with Crippen molar-refractivity contribution in [2.45, 2.75) is 45.4 Å². The Kier molecular flexibility index (Phi) is 6.76. The molecule has 0 bridgehead atoms. The van der Waals surface area contributed by atoms with E-state index in [0.29, 0.717) is 23.7 Å². The minimum Gasteiger partial charge on any atom is -0.493 e. The fourth-order valence-corrected chi connectivity index (χ4v) is 3.41. The number of benzene rings is 2. The number of aromatic nitrogens is 2. The average Bonchev–Trinajstić information content (AvgIpc) is 2.98. The monoisotopic (exact) mass is 383 g/mol. The minimum absolute atomic E-state index is 0.127. The van der Waals surface area contributed by atoms with Gasteiger partial charge in [0.2, 0.25) is 5.62 Å². The number of nitrogens with zero attached hydrogens (tertiary/aromatic N) is 2. The van der Waals surface area contributed by atoms with Crippen LogP contribution in [0.2, 0.25) is 0 Å². The van der Waals surface area contributed by atoms with Crippen molar-refractivity contribution >= 4 is 11.0 Å². The van der Waals surface area contributed by atoms with Gasteiger partial charge in [0, 0.05) is 6.54 Å². The maximum absolute atomic E-state index is 10.6. The molecular formula is C22H29N3O3. The van der Waals surface area contributed by atoms with Crippen LogP contribution >= 0.6 is 0 Å². The fourth-order valence-electron chi connectivity index (χ4n) is 3.41. The third-order valence-corrected chi connectivity index (χ3v) is 4.85. The van der Waals surface area contributed by atoms with Gasteiger partial charge in [0.1, 0.15) is 12.7 Å². The Morgan fingerprint density at radius 1 is 0.964 bits per heavy atom. The predicted molar refractivity (Wildman–Crippen MR) is 110 cm³/mol. The van der Waals surface area contributed by atoms with E-state index in [9.17, 15) is 5.11 Å². The highest BCUT2D eigenvalue weighted by Crippen LogP contribution is 2.26. The second kappa shape index (κ2) is 9.46. The zero-order chi connectivity index (χ0) is 19.9. The zero-order valence-corrected chi connectivity index (χ0v) is 16.6. The van der Waals surface area contributed by atoms with Crippen molar-refractivity contribution in [2.75, 3.05) is 13.7 Å². The number of aliphatic hydroxyl groups excluding tert-OH is 1. The van der Waals surface area contributed by atoms with Crippen LogP contribution in [0.3, 0.4) is 0 Å². The number of imidazole rings is 1. The molecule has 0 aliphatic carbocycles. The summed E-state index contributed by atoms with van der Waals surface area (Å²) >= 11 is 0. The number of hydrogen-bond donors (Lipinski definition) is 2. The number of methoxy groups -OCH3 is 1. The van der Waals surface area contributed by atoms with Crippen molar-refractivity contribution in [3.8, 4) is 11.5 Å². The largest absolute Gasteiger partial charge is 0.493 e. The summed E-state index contributed by atoms with van der Waals surface area (Å²) < 4.78 is 14.9. The van der Waals surface area contributed by atoms with Gasteiger partial charge >= 0.3 is 0 Å². The summed E-state index contributed by atoms with van der Waals surface area (Å²) in [4.78, 5) is 0. The second-order valence-electron chi connectivity index (χ2n) is 6.90. The first-order chi connectivity index (χ1) is 13.7. The van der Waals surface area contributed by atoms with Gasteiger partial charge in [0.05, 0.1) is 24.7 Å². The van der Waals surface area contributed by atoms with Crippen LogP contribution in [0.1, 0.15) is 26.2 Å². The van der Waals surface area contributed by atoms with Crippen molar-refractivity contribution in [3.05, 3.63) is 54.1 Å². The average molecular weight is 383 g/mol. The van der Waals surface area contributed by atoms with Gasteiger partial charge in [-0.2, -0.15) is 0 Å². The molecule has 0 aliphatic rings. The molecular weight excluding hydrogens is 354 g/mol. The number of unbranched alkanes of at least 4 members (excludes halogenated alkanes) is 2. The smallest absolute Gasteiger partial charge is 0.203 e. The highest BCUT2D eigenvalue weighted by atomic mass is 16.5. The molecule has 0 fully saturated rings. The molecule has 2 N–H and O–H groups in total. The maximum atomic E-state index is 10.6. The van der Waals surface area contributed by atoms with E-state index in [4.69, 9.17) is 14.9 Å². The highest BCUT2D eigenvalue weighted by molar-refractivity contribution is 5.75. The van der Waals surface area contributed by atoms with Gasteiger partial charge < -0.3 is 23.7 Å². The van der Waals surface area contributed by atoms with Crippen molar-refractivity contribution in [3.63, 3.8) is 0 Å². The Bertz CT molecular complexity index is 961. The highest BCUT2D eigenvalue weighted by Gasteiger charge is 2.15. The lowest BCUT2D eigenvalue weighted by Gasteiger charge is -2.15. The summed E-state index contributed by atoms with van der Waals surface area (Å²) in [5, 5.41) is 19.2. The molecule has 1 atom stereocenters. The molecule has 0 aliphatic heterocycles. The number of aryl methyl sites for hydroxylation is 1. The summed E-state index contributed by atoms with van der Waals surface area (Å²) in [6, 6.07) is 15.4. The summed E-state index contributed by atoms with van der Waals surface area (Å²) in [6.45, 7) is 3.42. The third kappa shape index (κ3) is 4.39.